The van der Waals surface area contributed by atoms with Gasteiger partial charge in [0.25, 0.3) is 0 Å². The van der Waals surface area contributed by atoms with Crippen molar-refractivity contribution >= 4 is 0 Å². The van der Waals surface area contributed by atoms with Crippen molar-refractivity contribution in [2.45, 2.75) is 64.1 Å². The first-order chi connectivity index (χ1) is 9.33. The van der Waals surface area contributed by atoms with Crippen LogP contribution in [0.2, 0.25) is 0 Å². The second-order valence-corrected chi connectivity index (χ2v) is 5.19. The number of hydrogen-bond donors (Lipinski definition) is 2. The van der Waals surface area contributed by atoms with Crippen LogP contribution in [0.25, 0.3) is 0 Å². The molecule has 6 heteroatoms. The van der Waals surface area contributed by atoms with Gasteiger partial charge in [-0.15, -0.1) is 0 Å². The van der Waals surface area contributed by atoms with Crippen LogP contribution >= 0.6 is 0 Å². The summed E-state index contributed by atoms with van der Waals surface area (Å²) in [6.45, 7) is 3.93. The van der Waals surface area contributed by atoms with E-state index in [1.165, 1.54) is 12.8 Å². The van der Waals surface area contributed by atoms with Crippen LogP contribution in [0.1, 0.15) is 44.9 Å². The van der Waals surface area contributed by atoms with Gasteiger partial charge in [0.2, 0.25) is 0 Å². The summed E-state index contributed by atoms with van der Waals surface area (Å²) in [6, 6.07) is 0.197. The quantitative estimate of drug-likeness (QED) is 0.570. The van der Waals surface area contributed by atoms with E-state index in [0.29, 0.717) is 6.10 Å². The molecule has 1 aromatic rings. The number of ether oxygens (including phenoxy) is 1. The molecule has 0 bridgehead atoms. The Morgan fingerprint density at radius 2 is 2.47 bits per heavy atom. The summed E-state index contributed by atoms with van der Waals surface area (Å²) in [7, 11) is 0. The largest absolute Gasteiger partial charge is 0.378 e. The van der Waals surface area contributed by atoms with Gasteiger partial charge >= 0.3 is 0 Å². The van der Waals surface area contributed by atoms with Gasteiger partial charge in [-0.2, -0.15) is 5.10 Å². The van der Waals surface area contributed by atoms with Crippen LogP contribution < -0.4 is 11.3 Å². The molecule has 2 unspecified atom stereocenters. The Hall–Kier alpha value is -0.980. The molecule has 0 amide bonds. The number of nitrogens with two attached hydrogens (primary N) is 1. The zero-order valence-corrected chi connectivity index (χ0v) is 11.7. The Balaban J connectivity index is 1.88. The summed E-state index contributed by atoms with van der Waals surface area (Å²) in [5.41, 5.74) is 2.90. The minimum Gasteiger partial charge on any atom is -0.378 e. The third kappa shape index (κ3) is 4.26. The van der Waals surface area contributed by atoms with Gasteiger partial charge in [0.15, 0.2) is 0 Å². The molecule has 1 aromatic heterocycles. The lowest BCUT2D eigenvalue weighted by Gasteiger charge is -2.26. The van der Waals surface area contributed by atoms with E-state index in [0.717, 1.165) is 44.7 Å². The topological polar surface area (TPSA) is 78.0 Å². The smallest absolute Gasteiger partial charge is 0.138 e. The monoisotopic (exact) mass is 267 g/mol. The summed E-state index contributed by atoms with van der Waals surface area (Å²) in [4.78, 5) is 4.33. The van der Waals surface area contributed by atoms with E-state index in [1.54, 1.807) is 6.33 Å². The number of rotatable bonds is 7. The van der Waals surface area contributed by atoms with Gasteiger partial charge in [-0.25, -0.2) is 4.98 Å². The van der Waals surface area contributed by atoms with E-state index in [4.69, 9.17) is 10.6 Å². The number of hydrazine groups is 1. The van der Waals surface area contributed by atoms with Crippen molar-refractivity contribution in [3.05, 3.63) is 12.2 Å². The highest BCUT2D eigenvalue weighted by Crippen LogP contribution is 2.18. The Kier molecular flexibility index (Phi) is 5.75. The maximum absolute atomic E-state index is 5.77. The molecule has 19 heavy (non-hydrogen) atoms. The average Bonchev–Trinajstić information content (AvgIpc) is 2.87. The van der Waals surface area contributed by atoms with Gasteiger partial charge in [-0.3, -0.25) is 16.0 Å². The summed E-state index contributed by atoms with van der Waals surface area (Å²) >= 11 is 0. The van der Waals surface area contributed by atoms with Gasteiger partial charge in [0.1, 0.15) is 12.2 Å². The highest BCUT2D eigenvalue weighted by molar-refractivity contribution is 4.90. The van der Waals surface area contributed by atoms with E-state index < -0.39 is 0 Å². The van der Waals surface area contributed by atoms with Gasteiger partial charge < -0.3 is 4.74 Å². The first-order valence-corrected chi connectivity index (χ1v) is 7.28. The van der Waals surface area contributed by atoms with Crippen LogP contribution in [0, 0.1) is 0 Å². The average molecular weight is 267 g/mol. The predicted molar refractivity (Wildman–Crippen MR) is 73.3 cm³/mol. The lowest BCUT2D eigenvalue weighted by Crippen LogP contribution is -2.41. The molecular weight excluding hydrogens is 242 g/mol. The number of nitrogens with zero attached hydrogens (tertiary/aromatic N) is 3. The van der Waals surface area contributed by atoms with Crippen LogP contribution in [0.15, 0.2) is 6.33 Å². The lowest BCUT2D eigenvalue weighted by atomic mass is 10.00. The summed E-state index contributed by atoms with van der Waals surface area (Å²) in [5.74, 6) is 6.67. The molecule has 3 N–H and O–H groups in total. The van der Waals surface area contributed by atoms with Crippen LogP contribution in [-0.2, 0) is 17.7 Å². The fourth-order valence-electron chi connectivity index (χ4n) is 2.59. The Morgan fingerprint density at radius 1 is 1.58 bits per heavy atom. The van der Waals surface area contributed by atoms with E-state index in [1.807, 2.05) is 4.68 Å². The molecule has 6 nitrogen and oxygen atoms in total. The fourth-order valence-corrected chi connectivity index (χ4v) is 2.59. The van der Waals surface area contributed by atoms with Crippen molar-refractivity contribution in [2.75, 3.05) is 6.61 Å². The second-order valence-electron chi connectivity index (χ2n) is 5.19. The fraction of sp³-hybridized carbons (Fsp3) is 0.846. The van der Waals surface area contributed by atoms with E-state index in [9.17, 15) is 0 Å². The molecule has 0 saturated carbocycles. The van der Waals surface area contributed by atoms with Crippen molar-refractivity contribution in [3.63, 3.8) is 0 Å². The zero-order chi connectivity index (χ0) is 13.5. The maximum Gasteiger partial charge on any atom is 0.138 e. The van der Waals surface area contributed by atoms with E-state index >= 15 is 0 Å². The third-order valence-electron chi connectivity index (χ3n) is 3.62. The molecule has 2 rings (SSSR count). The molecule has 1 fully saturated rings. The predicted octanol–water partition coefficient (Wildman–Crippen LogP) is 1.02. The SMILES string of the molecule is CCCn1ncnc1CC(CC1CCCCO1)NN. The zero-order valence-electron chi connectivity index (χ0n) is 11.7. The highest BCUT2D eigenvalue weighted by Gasteiger charge is 2.20. The summed E-state index contributed by atoms with van der Waals surface area (Å²) in [6.07, 6.45) is 8.33. The van der Waals surface area contributed by atoms with Gasteiger partial charge in [0.05, 0.1) is 6.10 Å². The molecule has 0 aliphatic carbocycles. The van der Waals surface area contributed by atoms with Crippen LogP contribution in [-0.4, -0.2) is 33.5 Å². The maximum atomic E-state index is 5.77. The molecule has 2 atom stereocenters. The minimum absolute atomic E-state index is 0.197. The first kappa shape index (κ1) is 14.4. The van der Waals surface area contributed by atoms with Gasteiger partial charge in [0, 0.05) is 25.6 Å². The van der Waals surface area contributed by atoms with Crippen molar-refractivity contribution in [3.8, 4) is 0 Å². The molecule has 0 spiro atoms. The Morgan fingerprint density at radius 3 is 3.16 bits per heavy atom. The standard InChI is InChI=1S/C13H25N5O/c1-2-6-18-13(15-10-16-18)9-11(17-14)8-12-5-3-4-7-19-12/h10-12,17H,2-9,14H2,1H3. The van der Waals surface area contributed by atoms with Crippen molar-refractivity contribution in [1.82, 2.24) is 20.2 Å². The number of aromatic nitrogens is 3. The molecular formula is C13H25N5O. The third-order valence-corrected chi connectivity index (χ3v) is 3.62. The van der Waals surface area contributed by atoms with E-state index in [2.05, 4.69) is 22.4 Å². The molecule has 108 valence electrons. The molecule has 1 aliphatic heterocycles. The Bertz CT molecular complexity index is 362. The van der Waals surface area contributed by atoms with Gasteiger partial charge in [-0.05, 0) is 32.1 Å². The molecule has 1 saturated heterocycles. The number of hydrogen-bond acceptors (Lipinski definition) is 5. The highest BCUT2D eigenvalue weighted by atomic mass is 16.5. The molecule has 0 aromatic carbocycles. The van der Waals surface area contributed by atoms with Crippen LogP contribution in [0.4, 0.5) is 0 Å². The van der Waals surface area contributed by atoms with Crippen molar-refractivity contribution in [2.24, 2.45) is 5.84 Å². The normalized spacial score (nSPS) is 21.5. The minimum atomic E-state index is 0.197. The molecule has 2 heterocycles. The van der Waals surface area contributed by atoms with Crippen molar-refractivity contribution in [1.29, 1.82) is 0 Å². The first-order valence-electron chi connectivity index (χ1n) is 7.28. The number of nitrogens with one attached hydrogen (secondary N) is 1. The van der Waals surface area contributed by atoms with E-state index in [-0.39, 0.29) is 6.04 Å². The van der Waals surface area contributed by atoms with Crippen LogP contribution in [0.3, 0.4) is 0 Å². The van der Waals surface area contributed by atoms with Crippen molar-refractivity contribution < 1.29 is 4.74 Å². The molecule has 1 aliphatic rings. The summed E-state index contributed by atoms with van der Waals surface area (Å²) < 4.78 is 7.73. The summed E-state index contributed by atoms with van der Waals surface area (Å²) in [5, 5.41) is 4.25. The lowest BCUT2D eigenvalue weighted by molar-refractivity contribution is 0.00507. The molecule has 0 radical (unpaired) electrons. The Labute approximate surface area is 114 Å². The van der Waals surface area contributed by atoms with Crippen LogP contribution in [0.5, 0.6) is 0 Å². The van der Waals surface area contributed by atoms with Gasteiger partial charge in [-0.1, -0.05) is 6.92 Å². The second kappa shape index (κ2) is 7.57. The number of aryl methyl sites for hydroxylation is 1.